The van der Waals surface area contributed by atoms with Crippen molar-refractivity contribution in [2.75, 3.05) is 13.2 Å². The third-order valence-electron chi connectivity index (χ3n) is 1.93. The SMILES string of the molecule is CCOC(=O)c1cncc(CCCO)c1. The quantitative estimate of drug-likeness (QED) is 0.740. The second-order valence-corrected chi connectivity index (χ2v) is 3.13. The lowest BCUT2D eigenvalue weighted by molar-refractivity contribution is 0.0525. The molecular formula is C11H15NO3. The van der Waals surface area contributed by atoms with Crippen molar-refractivity contribution in [2.45, 2.75) is 19.8 Å². The number of aliphatic hydroxyl groups is 1. The summed E-state index contributed by atoms with van der Waals surface area (Å²) in [6.07, 6.45) is 4.57. The maximum absolute atomic E-state index is 11.4. The molecule has 82 valence electrons. The van der Waals surface area contributed by atoms with Crippen LogP contribution < -0.4 is 0 Å². The average Bonchev–Trinajstić information content (AvgIpc) is 2.27. The first-order valence-electron chi connectivity index (χ1n) is 4.99. The maximum Gasteiger partial charge on any atom is 0.339 e. The number of carbonyl (C=O) groups is 1. The molecule has 0 aromatic carbocycles. The van der Waals surface area contributed by atoms with E-state index in [2.05, 4.69) is 4.98 Å². The highest BCUT2D eigenvalue weighted by molar-refractivity contribution is 5.89. The zero-order valence-electron chi connectivity index (χ0n) is 8.77. The Morgan fingerprint density at radius 3 is 3.00 bits per heavy atom. The van der Waals surface area contributed by atoms with Crippen LogP contribution in [0.1, 0.15) is 29.3 Å². The summed E-state index contributed by atoms with van der Waals surface area (Å²) in [5, 5.41) is 8.68. The van der Waals surface area contributed by atoms with E-state index in [1.165, 1.54) is 6.20 Å². The van der Waals surface area contributed by atoms with Crippen LogP contribution in [0, 0.1) is 0 Å². The Bertz CT molecular complexity index is 325. The van der Waals surface area contributed by atoms with Crippen molar-refractivity contribution < 1.29 is 14.6 Å². The zero-order valence-corrected chi connectivity index (χ0v) is 8.77. The van der Waals surface area contributed by atoms with E-state index in [1.54, 1.807) is 19.2 Å². The molecule has 0 atom stereocenters. The van der Waals surface area contributed by atoms with Gasteiger partial charge in [-0.05, 0) is 31.4 Å². The van der Waals surface area contributed by atoms with Crippen molar-refractivity contribution >= 4 is 5.97 Å². The molecule has 0 aliphatic heterocycles. The van der Waals surface area contributed by atoms with Crippen molar-refractivity contribution in [3.8, 4) is 0 Å². The smallest absolute Gasteiger partial charge is 0.339 e. The molecule has 0 fully saturated rings. The van der Waals surface area contributed by atoms with Gasteiger partial charge in [-0.3, -0.25) is 4.98 Å². The van der Waals surface area contributed by atoms with Gasteiger partial charge >= 0.3 is 5.97 Å². The minimum atomic E-state index is -0.351. The van der Waals surface area contributed by atoms with Gasteiger partial charge in [0.25, 0.3) is 0 Å². The molecule has 15 heavy (non-hydrogen) atoms. The molecule has 0 amide bonds. The summed E-state index contributed by atoms with van der Waals surface area (Å²) < 4.78 is 4.86. The highest BCUT2D eigenvalue weighted by atomic mass is 16.5. The Hall–Kier alpha value is -1.42. The third-order valence-corrected chi connectivity index (χ3v) is 1.93. The van der Waals surface area contributed by atoms with Crippen LogP contribution in [0.25, 0.3) is 0 Å². The zero-order chi connectivity index (χ0) is 11.1. The molecule has 0 radical (unpaired) electrons. The average molecular weight is 209 g/mol. The largest absolute Gasteiger partial charge is 0.462 e. The highest BCUT2D eigenvalue weighted by Gasteiger charge is 2.07. The van der Waals surface area contributed by atoms with E-state index in [1.807, 2.05) is 0 Å². The monoisotopic (exact) mass is 209 g/mol. The van der Waals surface area contributed by atoms with E-state index in [0.717, 1.165) is 12.0 Å². The molecule has 0 unspecified atom stereocenters. The molecule has 0 bridgehead atoms. The number of aromatic nitrogens is 1. The number of esters is 1. The third kappa shape index (κ3) is 3.67. The van der Waals surface area contributed by atoms with Gasteiger partial charge in [0, 0.05) is 19.0 Å². The fourth-order valence-corrected chi connectivity index (χ4v) is 1.23. The molecule has 0 aliphatic rings. The Kier molecular flexibility index (Phi) is 4.77. The molecule has 0 saturated heterocycles. The topological polar surface area (TPSA) is 59.4 Å². The van der Waals surface area contributed by atoms with Gasteiger partial charge < -0.3 is 9.84 Å². The fraction of sp³-hybridized carbons (Fsp3) is 0.455. The predicted molar refractivity (Wildman–Crippen MR) is 55.6 cm³/mol. The number of pyridine rings is 1. The van der Waals surface area contributed by atoms with Gasteiger partial charge in [0.05, 0.1) is 12.2 Å². The Morgan fingerprint density at radius 1 is 1.53 bits per heavy atom. The van der Waals surface area contributed by atoms with Crippen molar-refractivity contribution in [1.29, 1.82) is 0 Å². The highest BCUT2D eigenvalue weighted by Crippen LogP contribution is 2.06. The van der Waals surface area contributed by atoms with Gasteiger partial charge in [0.2, 0.25) is 0 Å². The number of aliphatic hydroxyl groups excluding tert-OH is 1. The number of ether oxygens (including phenoxy) is 1. The summed E-state index contributed by atoms with van der Waals surface area (Å²) in [7, 11) is 0. The standard InChI is InChI=1S/C11H15NO3/c1-2-15-11(14)10-6-9(4-3-5-13)7-12-8-10/h6-8,13H,2-5H2,1H3. The lowest BCUT2D eigenvalue weighted by atomic mass is 10.1. The summed E-state index contributed by atoms with van der Waals surface area (Å²) in [5.74, 6) is -0.351. The van der Waals surface area contributed by atoms with E-state index in [0.29, 0.717) is 18.6 Å². The Labute approximate surface area is 88.9 Å². The van der Waals surface area contributed by atoms with Crippen molar-refractivity contribution in [3.63, 3.8) is 0 Å². The molecule has 1 aromatic rings. The predicted octanol–water partition coefficient (Wildman–Crippen LogP) is 1.18. The van der Waals surface area contributed by atoms with E-state index in [9.17, 15) is 4.79 Å². The van der Waals surface area contributed by atoms with Crippen molar-refractivity contribution in [2.24, 2.45) is 0 Å². The molecule has 4 nitrogen and oxygen atoms in total. The summed E-state index contributed by atoms with van der Waals surface area (Å²) in [5.41, 5.74) is 1.40. The van der Waals surface area contributed by atoms with E-state index < -0.39 is 0 Å². The van der Waals surface area contributed by atoms with Gasteiger partial charge in [0.15, 0.2) is 0 Å². The van der Waals surface area contributed by atoms with Gasteiger partial charge in [-0.2, -0.15) is 0 Å². The van der Waals surface area contributed by atoms with Crippen LogP contribution in [0.15, 0.2) is 18.5 Å². The Balaban J connectivity index is 2.69. The van der Waals surface area contributed by atoms with E-state index in [4.69, 9.17) is 9.84 Å². The minimum absolute atomic E-state index is 0.142. The molecule has 0 aliphatic carbocycles. The van der Waals surface area contributed by atoms with Crippen LogP contribution in [-0.4, -0.2) is 29.3 Å². The fourth-order valence-electron chi connectivity index (χ4n) is 1.23. The van der Waals surface area contributed by atoms with Crippen LogP contribution in [0.3, 0.4) is 0 Å². The van der Waals surface area contributed by atoms with Gasteiger partial charge in [0.1, 0.15) is 0 Å². The van der Waals surface area contributed by atoms with Crippen LogP contribution in [0.2, 0.25) is 0 Å². The number of hydrogen-bond acceptors (Lipinski definition) is 4. The summed E-state index contributed by atoms with van der Waals surface area (Å²) >= 11 is 0. The number of hydrogen-bond donors (Lipinski definition) is 1. The van der Waals surface area contributed by atoms with Crippen LogP contribution in [0.5, 0.6) is 0 Å². The first kappa shape index (κ1) is 11.7. The number of aryl methyl sites for hydroxylation is 1. The lowest BCUT2D eigenvalue weighted by Gasteiger charge is -2.03. The van der Waals surface area contributed by atoms with Crippen LogP contribution in [-0.2, 0) is 11.2 Å². The van der Waals surface area contributed by atoms with Crippen molar-refractivity contribution in [3.05, 3.63) is 29.6 Å². The molecule has 1 aromatic heterocycles. The van der Waals surface area contributed by atoms with E-state index >= 15 is 0 Å². The maximum atomic E-state index is 11.4. The summed E-state index contributed by atoms with van der Waals surface area (Å²) in [4.78, 5) is 15.3. The van der Waals surface area contributed by atoms with Gasteiger partial charge in [-0.1, -0.05) is 0 Å². The van der Waals surface area contributed by atoms with Crippen molar-refractivity contribution in [1.82, 2.24) is 4.98 Å². The second kappa shape index (κ2) is 6.14. The minimum Gasteiger partial charge on any atom is -0.462 e. The number of rotatable bonds is 5. The van der Waals surface area contributed by atoms with E-state index in [-0.39, 0.29) is 12.6 Å². The molecule has 0 saturated carbocycles. The summed E-state index contributed by atoms with van der Waals surface area (Å²) in [6, 6.07) is 1.75. The van der Waals surface area contributed by atoms with Gasteiger partial charge in [-0.25, -0.2) is 4.79 Å². The summed E-state index contributed by atoms with van der Waals surface area (Å²) in [6.45, 7) is 2.27. The molecule has 4 heteroatoms. The molecule has 1 rings (SSSR count). The van der Waals surface area contributed by atoms with Crippen LogP contribution in [0.4, 0.5) is 0 Å². The molecule has 0 spiro atoms. The number of nitrogens with zero attached hydrogens (tertiary/aromatic N) is 1. The Morgan fingerprint density at radius 2 is 2.33 bits per heavy atom. The second-order valence-electron chi connectivity index (χ2n) is 3.13. The normalized spacial score (nSPS) is 10.0. The molecular weight excluding hydrogens is 194 g/mol. The number of carbonyl (C=O) groups excluding carboxylic acids is 1. The van der Waals surface area contributed by atoms with Crippen LogP contribution >= 0.6 is 0 Å². The first-order chi connectivity index (χ1) is 7.27. The molecule has 1 N–H and O–H groups in total. The lowest BCUT2D eigenvalue weighted by Crippen LogP contribution is -2.05. The molecule has 1 heterocycles. The first-order valence-corrected chi connectivity index (χ1v) is 4.99. The van der Waals surface area contributed by atoms with Gasteiger partial charge in [-0.15, -0.1) is 0 Å².